The highest BCUT2D eigenvalue weighted by molar-refractivity contribution is 5.73. The highest BCUT2D eigenvalue weighted by Crippen LogP contribution is 2.43. The number of aliphatic carboxylic acids is 3. The molecule has 51 heavy (non-hydrogen) atoms. The minimum atomic E-state index is -5.08. The van der Waals surface area contributed by atoms with E-state index in [0.29, 0.717) is 23.8 Å². The summed E-state index contributed by atoms with van der Waals surface area (Å²) in [4.78, 5) is 34.3. The van der Waals surface area contributed by atoms with Gasteiger partial charge in [0.15, 0.2) is 0 Å². The average molecular weight is 737 g/mol. The second-order valence-electron chi connectivity index (χ2n) is 13.5. The first kappa shape index (κ1) is 43.4. The van der Waals surface area contributed by atoms with Crippen LogP contribution in [0.3, 0.4) is 0 Å². The van der Waals surface area contributed by atoms with Crippen LogP contribution in [0.25, 0.3) is 0 Å². The van der Waals surface area contributed by atoms with E-state index < -0.39 is 30.3 Å². The van der Waals surface area contributed by atoms with Crippen molar-refractivity contribution in [3.8, 4) is 0 Å². The first-order valence-electron chi connectivity index (χ1n) is 16.8. The molecule has 3 atom stereocenters. The number of aryl methyl sites for hydroxylation is 1. The number of likely N-dealkylation sites (tertiary alicyclic amines) is 1. The second-order valence-corrected chi connectivity index (χ2v) is 13.5. The van der Waals surface area contributed by atoms with E-state index in [-0.39, 0.29) is 12.4 Å². The van der Waals surface area contributed by atoms with Crippen molar-refractivity contribution in [2.24, 2.45) is 17.8 Å². The van der Waals surface area contributed by atoms with Gasteiger partial charge in [-0.1, -0.05) is 62.7 Å². The molecular weight excluding hydrogens is 689 g/mol. The fourth-order valence-electron chi connectivity index (χ4n) is 6.72. The summed E-state index contributed by atoms with van der Waals surface area (Å²) in [7, 11) is 0. The number of hydrogen-bond donors (Lipinski definition) is 3. The second kappa shape index (κ2) is 20.4. The minimum Gasteiger partial charge on any atom is -0.480 e. The van der Waals surface area contributed by atoms with Crippen LogP contribution in [0.1, 0.15) is 69.4 Å². The van der Waals surface area contributed by atoms with E-state index in [4.69, 9.17) is 19.8 Å². The number of carboxylic acid groups (broad SMARTS) is 3. The van der Waals surface area contributed by atoms with Gasteiger partial charge in [-0.25, -0.2) is 14.0 Å². The quantitative estimate of drug-likeness (QED) is 0.190. The maximum atomic E-state index is 13.1. The van der Waals surface area contributed by atoms with Gasteiger partial charge in [-0.15, -0.1) is 0 Å². The van der Waals surface area contributed by atoms with Crippen LogP contribution in [0.4, 0.5) is 30.7 Å². The van der Waals surface area contributed by atoms with Crippen LogP contribution in [0.2, 0.25) is 0 Å². The number of alkyl halides is 6. The molecule has 1 aliphatic heterocycles. The van der Waals surface area contributed by atoms with Crippen LogP contribution in [0.15, 0.2) is 54.6 Å². The predicted molar refractivity (Wildman–Crippen MR) is 176 cm³/mol. The number of carbonyl (C=O) groups is 3. The van der Waals surface area contributed by atoms with Crippen molar-refractivity contribution in [2.75, 3.05) is 32.7 Å². The third-order valence-corrected chi connectivity index (χ3v) is 9.03. The highest BCUT2D eigenvalue weighted by Gasteiger charge is 2.40. The lowest BCUT2D eigenvalue weighted by molar-refractivity contribution is -0.193. The van der Waals surface area contributed by atoms with Crippen LogP contribution < -0.4 is 0 Å². The molecule has 0 aromatic heterocycles. The van der Waals surface area contributed by atoms with E-state index in [1.165, 1.54) is 36.8 Å². The summed E-state index contributed by atoms with van der Waals surface area (Å²) in [5, 5.41) is 23.8. The van der Waals surface area contributed by atoms with Gasteiger partial charge in [-0.2, -0.15) is 26.3 Å². The standard InChI is InChI=1S/C32H45FN2O2.2C2HF3O2/c1-24(2)21-35(23-32(36)37)30-19-28(31(20-30)27-9-4-3-5-10-27)22-34-17-15-26(16-18-34)8-6-7-25-11-13-29(33)14-12-25;2*3-2(4,5)1(6)7/h3-5,9-14,24,26,28,30-31H,6-8,15-23H2,1-2H3,(H,36,37);2*(H,6,7). The zero-order chi connectivity index (χ0) is 38.4. The summed E-state index contributed by atoms with van der Waals surface area (Å²) in [5.74, 6) is -4.10. The maximum Gasteiger partial charge on any atom is 0.490 e. The lowest BCUT2D eigenvalue weighted by Crippen LogP contribution is -2.41. The van der Waals surface area contributed by atoms with Crippen molar-refractivity contribution in [1.82, 2.24) is 9.80 Å². The van der Waals surface area contributed by atoms with E-state index in [1.807, 2.05) is 12.1 Å². The molecule has 1 saturated carbocycles. The Morgan fingerprint density at radius 3 is 1.84 bits per heavy atom. The van der Waals surface area contributed by atoms with Crippen LogP contribution >= 0.6 is 0 Å². The number of rotatable bonds is 12. The molecule has 2 fully saturated rings. The van der Waals surface area contributed by atoms with Crippen LogP contribution in [-0.2, 0) is 20.8 Å². The topological polar surface area (TPSA) is 118 Å². The summed E-state index contributed by atoms with van der Waals surface area (Å²) < 4.78 is 76.6. The van der Waals surface area contributed by atoms with Crippen molar-refractivity contribution in [3.63, 3.8) is 0 Å². The normalized spacial score (nSPS) is 19.9. The molecule has 2 aromatic rings. The van der Waals surface area contributed by atoms with Crippen LogP contribution in [-0.4, -0.2) is 94.1 Å². The Hall–Kier alpha value is -3.72. The maximum absolute atomic E-state index is 13.1. The number of piperidine rings is 1. The van der Waals surface area contributed by atoms with Gasteiger partial charge in [-0.05, 0) is 98.5 Å². The molecule has 0 spiro atoms. The predicted octanol–water partition coefficient (Wildman–Crippen LogP) is 7.73. The molecule has 1 saturated heterocycles. The molecule has 3 unspecified atom stereocenters. The Labute approximate surface area is 293 Å². The Bertz CT molecular complexity index is 1320. The first-order valence-corrected chi connectivity index (χ1v) is 16.8. The van der Waals surface area contributed by atoms with Gasteiger partial charge >= 0.3 is 30.3 Å². The van der Waals surface area contributed by atoms with Gasteiger partial charge in [0.2, 0.25) is 0 Å². The van der Waals surface area contributed by atoms with Gasteiger partial charge in [0.05, 0.1) is 6.54 Å². The SMILES string of the molecule is CC(C)CN(CC(=O)O)C1CC(CN2CCC(CCCc3ccc(F)cc3)CC2)C(c2ccccc2)C1.O=C(O)C(F)(F)F.O=C(O)C(F)(F)F. The van der Waals surface area contributed by atoms with E-state index in [0.717, 1.165) is 51.4 Å². The summed E-state index contributed by atoms with van der Waals surface area (Å²) >= 11 is 0. The molecule has 0 radical (unpaired) electrons. The van der Waals surface area contributed by atoms with E-state index in [1.54, 1.807) is 12.1 Å². The van der Waals surface area contributed by atoms with Crippen LogP contribution in [0, 0.1) is 23.6 Å². The third-order valence-electron chi connectivity index (χ3n) is 9.03. The lowest BCUT2D eigenvalue weighted by atomic mass is 9.87. The Kier molecular flexibility index (Phi) is 17.3. The molecule has 3 N–H and O–H groups in total. The molecule has 2 aromatic carbocycles. The van der Waals surface area contributed by atoms with Crippen molar-refractivity contribution < 1.29 is 60.4 Å². The van der Waals surface area contributed by atoms with Gasteiger partial charge in [-0.3, -0.25) is 9.69 Å². The first-order chi connectivity index (χ1) is 23.8. The molecule has 1 aliphatic carbocycles. The highest BCUT2D eigenvalue weighted by atomic mass is 19.4. The van der Waals surface area contributed by atoms with E-state index in [2.05, 4.69) is 54.0 Å². The Morgan fingerprint density at radius 2 is 1.37 bits per heavy atom. The van der Waals surface area contributed by atoms with Gasteiger partial charge in [0.25, 0.3) is 0 Å². The summed E-state index contributed by atoms with van der Waals surface area (Å²) in [6, 6.07) is 18.2. The largest absolute Gasteiger partial charge is 0.490 e. The number of nitrogens with zero attached hydrogens (tertiary/aromatic N) is 2. The fraction of sp³-hybridized carbons (Fsp3) is 0.583. The van der Waals surface area contributed by atoms with E-state index >= 15 is 0 Å². The van der Waals surface area contributed by atoms with Crippen LogP contribution in [0.5, 0.6) is 0 Å². The minimum absolute atomic E-state index is 0.139. The molecule has 1 heterocycles. The van der Waals surface area contributed by atoms with Gasteiger partial charge in [0.1, 0.15) is 5.82 Å². The molecule has 286 valence electrons. The summed E-state index contributed by atoms with van der Waals surface area (Å²) in [6.07, 6.45) is -2.06. The number of benzene rings is 2. The van der Waals surface area contributed by atoms with Gasteiger partial charge < -0.3 is 20.2 Å². The summed E-state index contributed by atoms with van der Waals surface area (Å²) in [5.41, 5.74) is 2.64. The molecular formula is C36H47F7N2O6. The Balaban J connectivity index is 0.000000543. The number of carboxylic acids is 3. The molecule has 8 nitrogen and oxygen atoms in total. The fourth-order valence-corrected chi connectivity index (χ4v) is 6.72. The van der Waals surface area contributed by atoms with Crippen molar-refractivity contribution in [2.45, 2.75) is 83.1 Å². The molecule has 4 rings (SSSR count). The summed E-state index contributed by atoms with van der Waals surface area (Å²) in [6.45, 7) is 8.78. The van der Waals surface area contributed by atoms with Gasteiger partial charge in [0, 0.05) is 19.1 Å². The molecule has 0 amide bonds. The Morgan fingerprint density at radius 1 is 0.843 bits per heavy atom. The third kappa shape index (κ3) is 16.4. The smallest absolute Gasteiger partial charge is 0.480 e. The van der Waals surface area contributed by atoms with Crippen molar-refractivity contribution >= 4 is 17.9 Å². The molecule has 15 heteroatoms. The monoisotopic (exact) mass is 736 g/mol. The number of halogens is 7. The molecule has 0 bridgehead atoms. The van der Waals surface area contributed by atoms with Crippen molar-refractivity contribution in [3.05, 3.63) is 71.5 Å². The number of hydrogen-bond acceptors (Lipinski definition) is 5. The van der Waals surface area contributed by atoms with Crippen molar-refractivity contribution in [1.29, 1.82) is 0 Å². The zero-order valence-electron chi connectivity index (χ0n) is 28.7. The molecule has 2 aliphatic rings. The average Bonchev–Trinajstić information content (AvgIpc) is 3.46. The zero-order valence-corrected chi connectivity index (χ0v) is 28.7. The lowest BCUT2D eigenvalue weighted by Gasteiger charge is -2.35. The van der Waals surface area contributed by atoms with E-state index in [9.17, 15) is 40.6 Å².